The van der Waals surface area contributed by atoms with Gasteiger partial charge in [0.25, 0.3) is 0 Å². The number of unbranched alkanes of at least 4 members (excludes halogenated alkanes) is 2. The summed E-state index contributed by atoms with van der Waals surface area (Å²) in [6.07, 6.45) is 4.17. The lowest BCUT2D eigenvalue weighted by Gasteiger charge is -2.24. The fourth-order valence-electron chi connectivity index (χ4n) is 1.72. The quantitative estimate of drug-likeness (QED) is 0.406. The zero-order valence-electron chi connectivity index (χ0n) is 9.03. The average molecular weight is 184 g/mol. The van der Waals surface area contributed by atoms with Crippen molar-refractivity contribution >= 4 is 8.07 Å². The summed E-state index contributed by atoms with van der Waals surface area (Å²) in [6, 6.07) is 4.24. The molecule has 0 aliphatic rings. The molecule has 0 aromatic carbocycles. The minimum atomic E-state index is -0.991. The van der Waals surface area contributed by atoms with Crippen molar-refractivity contribution in [1.82, 2.24) is 0 Å². The van der Waals surface area contributed by atoms with E-state index in [0.29, 0.717) is 0 Å². The molecule has 0 N–H and O–H groups in total. The Hall–Kier alpha value is -0.0431. The SMILES string of the molecule is C=C[Si](CC)(CC)CCCCC. The maximum absolute atomic E-state index is 4.02. The van der Waals surface area contributed by atoms with Crippen molar-refractivity contribution in [3.05, 3.63) is 12.3 Å². The van der Waals surface area contributed by atoms with Crippen molar-refractivity contribution in [2.45, 2.75) is 58.2 Å². The summed E-state index contributed by atoms with van der Waals surface area (Å²) in [7, 11) is -0.991. The smallest absolute Gasteiger partial charge is 0.0765 e. The van der Waals surface area contributed by atoms with E-state index in [9.17, 15) is 0 Å². The van der Waals surface area contributed by atoms with Crippen LogP contribution in [0.4, 0.5) is 0 Å². The van der Waals surface area contributed by atoms with Crippen LogP contribution in [0.3, 0.4) is 0 Å². The van der Waals surface area contributed by atoms with E-state index < -0.39 is 8.07 Å². The van der Waals surface area contributed by atoms with Gasteiger partial charge in [-0.1, -0.05) is 58.2 Å². The predicted octanol–water partition coefficient (Wildman–Crippen LogP) is 4.39. The van der Waals surface area contributed by atoms with E-state index in [2.05, 4.69) is 33.0 Å². The zero-order chi connectivity index (χ0) is 9.45. The Kier molecular flexibility index (Phi) is 6.45. The van der Waals surface area contributed by atoms with Crippen LogP contribution in [0.5, 0.6) is 0 Å². The molecular weight excluding hydrogens is 160 g/mol. The lowest BCUT2D eigenvalue weighted by atomic mass is 10.3. The second-order valence-corrected chi connectivity index (χ2v) is 8.78. The molecule has 12 heavy (non-hydrogen) atoms. The fourth-order valence-corrected chi connectivity index (χ4v) is 4.66. The first-order chi connectivity index (χ1) is 5.74. The Bertz CT molecular complexity index is 114. The molecule has 72 valence electrons. The fraction of sp³-hybridized carbons (Fsp3) is 0.818. The molecule has 0 fully saturated rings. The van der Waals surface area contributed by atoms with Crippen molar-refractivity contribution in [2.24, 2.45) is 0 Å². The molecule has 0 rings (SSSR count). The molecule has 0 aliphatic heterocycles. The summed E-state index contributed by atoms with van der Waals surface area (Å²) < 4.78 is 0. The number of rotatable bonds is 7. The number of hydrogen-bond donors (Lipinski definition) is 0. The normalized spacial score (nSPS) is 11.6. The highest BCUT2D eigenvalue weighted by molar-refractivity contribution is 6.84. The summed E-state index contributed by atoms with van der Waals surface area (Å²) in [6.45, 7) is 11.0. The summed E-state index contributed by atoms with van der Waals surface area (Å²) in [5, 5.41) is 0. The zero-order valence-corrected chi connectivity index (χ0v) is 10.0. The predicted molar refractivity (Wildman–Crippen MR) is 61.2 cm³/mol. The molecule has 0 saturated carbocycles. The Balaban J connectivity index is 3.84. The van der Waals surface area contributed by atoms with E-state index in [1.165, 1.54) is 37.4 Å². The van der Waals surface area contributed by atoms with Gasteiger partial charge in [0.05, 0.1) is 8.07 Å². The summed E-state index contributed by atoms with van der Waals surface area (Å²) in [5.74, 6) is 0. The molecule has 0 radical (unpaired) electrons. The third-order valence-corrected chi connectivity index (χ3v) is 8.15. The van der Waals surface area contributed by atoms with Crippen LogP contribution in [0.15, 0.2) is 12.3 Å². The molecule has 0 spiro atoms. The molecule has 1 heteroatoms. The van der Waals surface area contributed by atoms with Gasteiger partial charge in [0.1, 0.15) is 0 Å². The molecule has 0 atom stereocenters. The van der Waals surface area contributed by atoms with Crippen LogP contribution < -0.4 is 0 Å². The summed E-state index contributed by atoms with van der Waals surface area (Å²) in [4.78, 5) is 0. The molecule has 0 amide bonds. The largest absolute Gasteiger partial charge is 0.107 e. The lowest BCUT2D eigenvalue weighted by molar-refractivity contribution is 0.760. The van der Waals surface area contributed by atoms with Gasteiger partial charge in [-0.05, 0) is 0 Å². The third kappa shape index (κ3) is 3.57. The first kappa shape index (κ1) is 12.0. The molecular formula is C11H24Si. The maximum atomic E-state index is 4.02. The lowest BCUT2D eigenvalue weighted by Crippen LogP contribution is -2.29. The van der Waals surface area contributed by atoms with Crippen molar-refractivity contribution in [3.63, 3.8) is 0 Å². The average Bonchev–Trinajstić information content (AvgIpc) is 2.14. The van der Waals surface area contributed by atoms with Crippen LogP contribution in [0.1, 0.15) is 40.0 Å². The Labute approximate surface area is 79.1 Å². The minimum Gasteiger partial charge on any atom is -0.107 e. The molecule has 0 nitrogen and oxygen atoms in total. The van der Waals surface area contributed by atoms with Crippen molar-refractivity contribution in [2.75, 3.05) is 0 Å². The van der Waals surface area contributed by atoms with E-state index in [-0.39, 0.29) is 0 Å². The van der Waals surface area contributed by atoms with Gasteiger partial charge < -0.3 is 0 Å². The van der Waals surface area contributed by atoms with Gasteiger partial charge >= 0.3 is 0 Å². The molecule has 0 saturated heterocycles. The van der Waals surface area contributed by atoms with Crippen LogP contribution >= 0.6 is 0 Å². The van der Waals surface area contributed by atoms with Crippen LogP contribution in [0.25, 0.3) is 0 Å². The van der Waals surface area contributed by atoms with E-state index in [1.54, 1.807) is 0 Å². The van der Waals surface area contributed by atoms with Gasteiger partial charge in [0.2, 0.25) is 0 Å². The van der Waals surface area contributed by atoms with E-state index in [0.717, 1.165) is 0 Å². The Morgan fingerprint density at radius 2 is 1.67 bits per heavy atom. The topological polar surface area (TPSA) is 0 Å². The van der Waals surface area contributed by atoms with Gasteiger partial charge in [-0.2, -0.15) is 0 Å². The third-order valence-electron chi connectivity index (χ3n) is 3.12. The van der Waals surface area contributed by atoms with E-state index in [1.807, 2.05) is 0 Å². The van der Waals surface area contributed by atoms with E-state index >= 15 is 0 Å². The maximum Gasteiger partial charge on any atom is 0.0765 e. The highest BCUT2D eigenvalue weighted by atomic mass is 28.3. The summed E-state index contributed by atoms with van der Waals surface area (Å²) in [5.41, 5.74) is 2.31. The Morgan fingerprint density at radius 1 is 1.08 bits per heavy atom. The van der Waals surface area contributed by atoms with Crippen molar-refractivity contribution in [1.29, 1.82) is 0 Å². The standard InChI is InChI=1S/C11H24Si/c1-5-9-10-11-12(6-2,7-3)8-4/h6H,2,5,7-11H2,1,3-4H3. The van der Waals surface area contributed by atoms with E-state index in [4.69, 9.17) is 0 Å². The first-order valence-corrected chi connectivity index (χ1v) is 8.08. The molecule has 0 bridgehead atoms. The second kappa shape index (κ2) is 6.47. The number of hydrogen-bond acceptors (Lipinski definition) is 0. The molecule has 0 heterocycles. The van der Waals surface area contributed by atoms with Gasteiger partial charge in [-0.25, -0.2) is 0 Å². The van der Waals surface area contributed by atoms with Gasteiger partial charge in [0.15, 0.2) is 0 Å². The molecule has 0 aliphatic carbocycles. The second-order valence-electron chi connectivity index (χ2n) is 3.73. The monoisotopic (exact) mass is 184 g/mol. The van der Waals surface area contributed by atoms with Crippen molar-refractivity contribution < 1.29 is 0 Å². The molecule has 0 aromatic heterocycles. The molecule has 0 unspecified atom stereocenters. The first-order valence-electron chi connectivity index (χ1n) is 5.38. The van der Waals surface area contributed by atoms with Gasteiger partial charge in [-0.3, -0.25) is 0 Å². The Morgan fingerprint density at radius 3 is 2.00 bits per heavy atom. The van der Waals surface area contributed by atoms with Crippen LogP contribution in [0.2, 0.25) is 18.1 Å². The van der Waals surface area contributed by atoms with Gasteiger partial charge in [-0.15, -0.1) is 12.3 Å². The molecule has 0 aromatic rings. The summed E-state index contributed by atoms with van der Waals surface area (Å²) >= 11 is 0. The van der Waals surface area contributed by atoms with Crippen LogP contribution in [-0.2, 0) is 0 Å². The minimum absolute atomic E-state index is 0.991. The van der Waals surface area contributed by atoms with Crippen molar-refractivity contribution in [3.8, 4) is 0 Å². The van der Waals surface area contributed by atoms with Gasteiger partial charge in [0, 0.05) is 0 Å². The van der Waals surface area contributed by atoms with Crippen LogP contribution in [-0.4, -0.2) is 8.07 Å². The van der Waals surface area contributed by atoms with Crippen LogP contribution in [0, 0.1) is 0 Å². The highest BCUT2D eigenvalue weighted by Crippen LogP contribution is 2.24. The highest BCUT2D eigenvalue weighted by Gasteiger charge is 2.23.